The normalized spacial score (nSPS) is 37.8. The third-order valence-corrected chi connectivity index (χ3v) is 2.55. The van der Waals surface area contributed by atoms with Crippen molar-refractivity contribution in [3.8, 4) is 0 Å². The van der Waals surface area contributed by atoms with Crippen molar-refractivity contribution in [1.29, 1.82) is 0 Å². The number of hydrogen-bond donors (Lipinski definition) is 0. The maximum absolute atomic E-state index is 13.4. The van der Waals surface area contributed by atoms with Crippen LogP contribution in [0, 0.1) is 0 Å². The molecule has 18 heavy (non-hydrogen) atoms. The van der Waals surface area contributed by atoms with Crippen molar-refractivity contribution in [3.05, 3.63) is 35.8 Å². The zero-order valence-corrected chi connectivity index (χ0v) is 9.68. The lowest BCUT2D eigenvalue weighted by Gasteiger charge is -2.38. The van der Waals surface area contributed by atoms with E-state index >= 15 is 0 Å². The Labute approximate surface area is 128 Å². The first-order chi connectivity index (χ1) is 14.2. The summed E-state index contributed by atoms with van der Waals surface area (Å²) in [5, 5.41) is 0. The monoisotopic (exact) mass is 261 g/mol. The molecule has 1 aromatic carbocycles. The van der Waals surface area contributed by atoms with E-state index in [1.807, 2.05) is 0 Å². The number of ether oxygens (including phenoxy) is 1. The maximum atomic E-state index is 13.4. The van der Waals surface area contributed by atoms with E-state index in [1.165, 1.54) is 11.9 Å². The Kier molecular flexibility index (Phi) is 1.25. The van der Waals surface area contributed by atoms with Gasteiger partial charge in [0.15, 0.2) is 0 Å². The van der Waals surface area contributed by atoms with Crippen LogP contribution in [0.5, 0.6) is 0 Å². The summed E-state index contributed by atoms with van der Waals surface area (Å²) in [5.41, 5.74) is -4.36. The Morgan fingerprint density at radius 3 is 2.83 bits per heavy atom. The summed E-state index contributed by atoms with van der Waals surface area (Å²) in [5.74, 6) is -2.03. The SMILES string of the molecule is [2H]c1c([2H])c([2H])c(C2(C(=O)OC([2H])([2H])C([2H])([2H])[2H])C([2H])([2H])CN(C)CC2([2H])[2H])c([2H])c1[2H]. The van der Waals surface area contributed by atoms with E-state index in [0.717, 1.165) is 0 Å². The van der Waals surface area contributed by atoms with Crippen molar-refractivity contribution in [2.45, 2.75) is 25.0 Å². The third-order valence-electron chi connectivity index (χ3n) is 2.55. The third kappa shape index (κ3) is 2.41. The Hall–Kier alpha value is -1.35. The molecule has 0 radical (unpaired) electrons. The summed E-state index contributed by atoms with van der Waals surface area (Å²) in [6.07, 6.45) is -6.03. The molecule has 98 valence electrons. The highest BCUT2D eigenvalue weighted by Crippen LogP contribution is 2.36. The van der Waals surface area contributed by atoms with Gasteiger partial charge in [-0.2, -0.15) is 0 Å². The van der Waals surface area contributed by atoms with Crippen molar-refractivity contribution < 1.29 is 28.7 Å². The smallest absolute Gasteiger partial charge is 0.316 e. The number of piperidine rings is 1. The minimum atomic E-state index is -3.68. The molecule has 0 amide bonds. The van der Waals surface area contributed by atoms with E-state index < -0.39 is 86.4 Å². The predicted molar refractivity (Wildman–Crippen MR) is 71.5 cm³/mol. The van der Waals surface area contributed by atoms with Crippen molar-refractivity contribution in [2.75, 3.05) is 26.7 Å². The quantitative estimate of drug-likeness (QED) is 0.781. The van der Waals surface area contributed by atoms with Gasteiger partial charge in [-0.05, 0) is 45.3 Å². The Morgan fingerprint density at radius 1 is 1.56 bits per heavy atom. The number of likely N-dealkylation sites (tertiary alicyclic amines) is 1. The molecule has 3 heteroatoms. The molecule has 0 bridgehead atoms. The maximum Gasteiger partial charge on any atom is 0.316 e. The standard InChI is InChI=1S/C15H21NO2/c1-3-18-14(17)15(9-11-16(2)12-10-15)13-7-5-4-6-8-13/h4-8H,3,9-12H2,1-2H3/i1D3,3D2,4D,5D,6D,7D,8D,9D2,10D2. The minimum absolute atomic E-state index is 0.666. The van der Waals surface area contributed by atoms with Gasteiger partial charge in [0, 0.05) is 9.60 Å². The fraction of sp³-hybridized carbons (Fsp3) is 0.533. The molecule has 0 saturated carbocycles. The summed E-state index contributed by atoms with van der Waals surface area (Å²) in [6, 6.07) is -4.99. The van der Waals surface area contributed by atoms with Crippen LogP contribution >= 0.6 is 0 Å². The fourth-order valence-electron chi connectivity index (χ4n) is 1.61. The number of nitrogens with zero attached hydrogens (tertiary/aromatic N) is 1. The van der Waals surface area contributed by atoms with Crippen LogP contribution in [-0.4, -0.2) is 37.6 Å². The topological polar surface area (TPSA) is 29.5 Å². The molecule has 1 saturated heterocycles. The minimum Gasteiger partial charge on any atom is -0.465 e. The zero-order valence-electron chi connectivity index (χ0n) is 23.7. The Morgan fingerprint density at radius 2 is 2.22 bits per heavy atom. The number of benzene rings is 1. The van der Waals surface area contributed by atoms with Gasteiger partial charge in [0.2, 0.25) is 0 Å². The van der Waals surface area contributed by atoms with Crippen LogP contribution in [-0.2, 0) is 14.9 Å². The number of hydrogen-bond acceptors (Lipinski definition) is 3. The molecule has 0 spiro atoms. The van der Waals surface area contributed by atoms with Crippen LogP contribution in [0.1, 0.15) is 44.4 Å². The molecule has 0 unspecified atom stereocenters. The lowest BCUT2D eigenvalue weighted by molar-refractivity contribution is -0.152. The fourth-order valence-corrected chi connectivity index (χ4v) is 1.61. The highest BCUT2D eigenvalue weighted by atomic mass is 16.5. The van der Waals surface area contributed by atoms with Gasteiger partial charge in [-0.25, -0.2) is 0 Å². The van der Waals surface area contributed by atoms with Gasteiger partial charge in [-0.1, -0.05) is 30.2 Å². The first-order valence-electron chi connectivity index (χ1n) is 12.1. The predicted octanol–water partition coefficient (Wildman–Crippen LogP) is 2.21. The summed E-state index contributed by atoms with van der Waals surface area (Å²) in [4.78, 5) is 14.6. The molecular formula is C15H21NO2. The molecule has 0 N–H and O–H groups in total. The molecule has 3 nitrogen and oxygen atoms in total. The first-order valence-corrected chi connectivity index (χ1v) is 5.15. The highest BCUT2D eigenvalue weighted by molar-refractivity contribution is 5.83. The van der Waals surface area contributed by atoms with Crippen LogP contribution in [0.3, 0.4) is 0 Å². The average Bonchev–Trinajstić information content (AvgIpc) is 2.57. The van der Waals surface area contributed by atoms with Crippen LogP contribution < -0.4 is 0 Å². The first kappa shape index (κ1) is 4.07. The van der Waals surface area contributed by atoms with Gasteiger partial charge in [0.1, 0.15) is 0 Å². The van der Waals surface area contributed by atoms with Crippen molar-refractivity contribution in [1.82, 2.24) is 4.90 Å². The molecule has 1 aliphatic heterocycles. The van der Waals surface area contributed by atoms with E-state index in [1.54, 1.807) is 0 Å². The van der Waals surface area contributed by atoms with Gasteiger partial charge in [-0.15, -0.1) is 0 Å². The van der Waals surface area contributed by atoms with Gasteiger partial charge in [0.25, 0.3) is 0 Å². The van der Waals surface area contributed by atoms with Crippen LogP contribution in [0.4, 0.5) is 0 Å². The largest absolute Gasteiger partial charge is 0.465 e. The molecule has 1 aliphatic rings. The van der Waals surface area contributed by atoms with E-state index in [-0.39, 0.29) is 0 Å². The number of carbonyl (C=O) groups is 1. The van der Waals surface area contributed by atoms with Gasteiger partial charge < -0.3 is 9.64 Å². The lowest BCUT2D eigenvalue weighted by atomic mass is 9.73. The second-order valence-corrected chi connectivity index (χ2v) is 3.77. The second kappa shape index (κ2) is 5.53. The number of esters is 1. The van der Waals surface area contributed by atoms with Gasteiger partial charge in [0.05, 0.1) is 21.6 Å². The molecule has 0 aliphatic carbocycles. The zero-order chi connectivity index (χ0) is 25.2. The molecule has 0 atom stereocenters. The molecule has 2 rings (SSSR count). The number of carbonyl (C=O) groups excluding carboxylic acids is 1. The van der Waals surface area contributed by atoms with E-state index in [9.17, 15) is 4.79 Å². The molecule has 1 fully saturated rings. The van der Waals surface area contributed by atoms with E-state index in [4.69, 9.17) is 19.2 Å². The van der Waals surface area contributed by atoms with Crippen LogP contribution in [0.2, 0.25) is 0 Å². The van der Waals surface area contributed by atoms with Crippen molar-refractivity contribution >= 4 is 5.97 Å². The lowest BCUT2D eigenvalue weighted by Crippen LogP contribution is -2.47. The van der Waals surface area contributed by atoms with Crippen molar-refractivity contribution in [2.24, 2.45) is 0 Å². The highest BCUT2D eigenvalue weighted by Gasteiger charge is 2.43. The van der Waals surface area contributed by atoms with Crippen LogP contribution in [0.25, 0.3) is 0 Å². The second-order valence-electron chi connectivity index (χ2n) is 3.77. The summed E-state index contributed by atoms with van der Waals surface area (Å²) < 4.78 is 115. The summed E-state index contributed by atoms with van der Waals surface area (Å²) >= 11 is 0. The van der Waals surface area contributed by atoms with Gasteiger partial charge >= 0.3 is 5.97 Å². The van der Waals surface area contributed by atoms with E-state index in [0.29, 0.717) is 0 Å². The number of rotatable bonds is 3. The van der Waals surface area contributed by atoms with E-state index in [2.05, 4.69) is 4.74 Å². The summed E-state index contributed by atoms with van der Waals surface area (Å²) in [6.45, 7) is -8.55. The molecule has 0 aromatic heterocycles. The Balaban J connectivity index is 3.02. The molecule has 1 heterocycles. The van der Waals surface area contributed by atoms with Crippen molar-refractivity contribution in [3.63, 3.8) is 0 Å². The molecular weight excluding hydrogens is 226 g/mol. The summed E-state index contributed by atoms with van der Waals surface area (Å²) in [7, 11) is 1.33. The average molecular weight is 261 g/mol. The van der Waals surface area contributed by atoms with Gasteiger partial charge in [-0.3, -0.25) is 4.79 Å². The van der Waals surface area contributed by atoms with Crippen LogP contribution in [0.15, 0.2) is 30.2 Å². The Bertz CT molecular complexity index is 894. The molecule has 1 aromatic rings.